The Balaban J connectivity index is 1.73. The van der Waals surface area contributed by atoms with Gasteiger partial charge in [0, 0.05) is 24.0 Å². The zero-order chi connectivity index (χ0) is 16.9. The Labute approximate surface area is 151 Å². The summed E-state index contributed by atoms with van der Waals surface area (Å²) in [5.41, 5.74) is 0.711. The van der Waals surface area contributed by atoms with Crippen LogP contribution in [0.1, 0.15) is 31.2 Å². The molecule has 1 aromatic carbocycles. The number of benzene rings is 1. The van der Waals surface area contributed by atoms with Crippen molar-refractivity contribution in [3.63, 3.8) is 0 Å². The lowest BCUT2D eigenvalue weighted by molar-refractivity contribution is 0.199. The molecule has 0 N–H and O–H groups in total. The fourth-order valence-electron chi connectivity index (χ4n) is 2.76. The summed E-state index contributed by atoms with van der Waals surface area (Å²) in [4.78, 5) is 3.94. The number of hydrogen-bond donors (Lipinski definition) is 0. The highest BCUT2D eigenvalue weighted by Gasteiger charge is 2.19. The molecule has 0 radical (unpaired) electrons. The highest BCUT2D eigenvalue weighted by molar-refractivity contribution is 6.35. The zero-order valence-corrected chi connectivity index (χ0v) is 14.9. The van der Waals surface area contributed by atoms with Gasteiger partial charge in [-0.25, -0.2) is 0 Å². The van der Waals surface area contributed by atoms with Gasteiger partial charge in [-0.15, -0.1) is 0 Å². The normalized spacial score (nSPS) is 14.6. The maximum Gasteiger partial charge on any atom is 0.165 e. The maximum atomic E-state index is 6.12. The van der Waals surface area contributed by atoms with Crippen LogP contribution in [-0.4, -0.2) is 18.2 Å². The molecule has 1 fully saturated rings. The van der Waals surface area contributed by atoms with Gasteiger partial charge in [-0.3, -0.25) is 4.98 Å². The molecule has 128 valence electrons. The number of nitrogens with zero attached hydrogens (tertiary/aromatic N) is 1. The molecule has 3 rings (SSSR count). The van der Waals surface area contributed by atoms with Gasteiger partial charge in [-0.05, 0) is 37.8 Å². The standard InChI is InChI=1S/C18H19Cl2NO3/c1-22-17-7-6-13(8-18(17)24-12-4-2-3-5-12)23-11-14-15(19)9-21-10-16(14)20/h6-10,12H,2-5,11H2,1H3. The molecule has 0 amide bonds. The van der Waals surface area contributed by atoms with E-state index in [-0.39, 0.29) is 12.7 Å². The van der Waals surface area contributed by atoms with Gasteiger partial charge >= 0.3 is 0 Å². The van der Waals surface area contributed by atoms with Crippen molar-refractivity contribution in [3.8, 4) is 17.2 Å². The maximum absolute atomic E-state index is 6.12. The fraction of sp³-hybridized carbons (Fsp3) is 0.389. The van der Waals surface area contributed by atoms with Gasteiger partial charge in [0.1, 0.15) is 12.4 Å². The van der Waals surface area contributed by atoms with E-state index >= 15 is 0 Å². The topological polar surface area (TPSA) is 40.6 Å². The van der Waals surface area contributed by atoms with Crippen LogP contribution in [-0.2, 0) is 6.61 Å². The third-order valence-corrected chi connectivity index (χ3v) is 4.72. The average molecular weight is 368 g/mol. The molecule has 1 heterocycles. The smallest absolute Gasteiger partial charge is 0.165 e. The van der Waals surface area contributed by atoms with Crippen molar-refractivity contribution < 1.29 is 14.2 Å². The number of ether oxygens (including phenoxy) is 3. The molecule has 6 heteroatoms. The summed E-state index contributed by atoms with van der Waals surface area (Å²) in [5, 5.41) is 0.969. The van der Waals surface area contributed by atoms with Crippen LogP contribution in [0.4, 0.5) is 0 Å². The van der Waals surface area contributed by atoms with Crippen molar-refractivity contribution in [3.05, 3.63) is 46.2 Å². The molecule has 0 atom stereocenters. The Bertz CT molecular complexity index is 682. The van der Waals surface area contributed by atoms with E-state index in [2.05, 4.69) is 4.98 Å². The van der Waals surface area contributed by atoms with Gasteiger partial charge < -0.3 is 14.2 Å². The minimum absolute atomic E-state index is 0.248. The largest absolute Gasteiger partial charge is 0.493 e. The van der Waals surface area contributed by atoms with E-state index in [1.807, 2.05) is 18.2 Å². The zero-order valence-electron chi connectivity index (χ0n) is 13.4. The van der Waals surface area contributed by atoms with Crippen LogP contribution >= 0.6 is 23.2 Å². The monoisotopic (exact) mass is 367 g/mol. The predicted octanol–water partition coefficient (Wildman–Crippen LogP) is 5.30. The first-order valence-corrected chi connectivity index (χ1v) is 8.68. The van der Waals surface area contributed by atoms with Crippen LogP contribution in [0.25, 0.3) is 0 Å². The van der Waals surface area contributed by atoms with Crippen molar-refractivity contribution in [2.75, 3.05) is 7.11 Å². The Kier molecular flexibility index (Phi) is 5.69. The molecule has 0 spiro atoms. The van der Waals surface area contributed by atoms with E-state index < -0.39 is 0 Å². The molecule has 2 aromatic rings. The van der Waals surface area contributed by atoms with Crippen LogP contribution in [0.2, 0.25) is 10.0 Å². The molecule has 1 aromatic heterocycles. The van der Waals surface area contributed by atoms with Gasteiger partial charge in [0.15, 0.2) is 11.5 Å². The van der Waals surface area contributed by atoms with Gasteiger partial charge in [0.2, 0.25) is 0 Å². The highest BCUT2D eigenvalue weighted by Crippen LogP contribution is 2.35. The Hall–Kier alpha value is -1.65. The minimum atomic E-state index is 0.248. The first-order valence-electron chi connectivity index (χ1n) is 7.92. The summed E-state index contributed by atoms with van der Waals surface area (Å²) in [6, 6.07) is 5.53. The average Bonchev–Trinajstić information content (AvgIpc) is 3.08. The molecule has 1 aliphatic carbocycles. The lowest BCUT2D eigenvalue weighted by Gasteiger charge is -2.17. The molecule has 1 aliphatic rings. The van der Waals surface area contributed by atoms with Crippen LogP contribution in [0.15, 0.2) is 30.6 Å². The molecule has 0 aliphatic heterocycles. The number of halogens is 2. The van der Waals surface area contributed by atoms with Crippen molar-refractivity contribution in [1.82, 2.24) is 4.98 Å². The lowest BCUT2D eigenvalue weighted by Crippen LogP contribution is -2.11. The van der Waals surface area contributed by atoms with E-state index in [0.29, 0.717) is 32.9 Å². The Morgan fingerprint density at radius 2 is 1.79 bits per heavy atom. The molecule has 0 saturated heterocycles. The number of aromatic nitrogens is 1. The van der Waals surface area contributed by atoms with Crippen LogP contribution in [0.3, 0.4) is 0 Å². The summed E-state index contributed by atoms with van der Waals surface area (Å²) >= 11 is 12.2. The second kappa shape index (κ2) is 7.95. The Morgan fingerprint density at radius 1 is 1.08 bits per heavy atom. The second-order valence-electron chi connectivity index (χ2n) is 5.71. The third kappa shape index (κ3) is 4.05. The van der Waals surface area contributed by atoms with Crippen LogP contribution in [0.5, 0.6) is 17.2 Å². The molecular weight excluding hydrogens is 349 g/mol. The molecular formula is C18H19Cl2NO3. The van der Waals surface area contributed by atoms with E-state index in [1.165, 1.54) is 12.8 Å². The van der Waals surface area contributed by atoms with Crippen LogP contribution < -0.4 is 14.2 Å². The first kappa shape index (κ1) is 17.2. The summed E-state index contributed by atoms with van der Waals surface area (Å²) in [6.45, 7) is 0.259. The molecule has 1 saturated carbocycles. The van der Waals surface area contributed by atoms with E-state index in [0.717, 1.165) is 12.8 Å². The van der Waals surface area contributed by atoms with E-state index in [4.69, 9.17) is 37.4 Å². The number of pyridine rings is 1. The fourth-order valence-corrected chi connectivity index (χ4v) is 3.23. The molecule has 4 nitrogen and oxygen atoms in total. The van der Waals surface area contributed by atoms with Crippen molar-refractivity contribution in [2.24, 2.45) is 0 Å². The second-order valence-corrected chi connectivity index (χ2v) is 6.52. The van der Waals surface area contributed by atoms with Crippen molar-refractivity contribution in [2.45, 2.75) is 38.4 Å². The first-order chi connectivity index (χ1) is 11.7. The summed E-state index contributed by atoms with van der Waals surface area (Å²) in [7, 11) is 1.63. The summed E-state index contributed by atoms with van der Waals surface area (Å²) < 4.78 is 17.3. The number of hydrogen-bond acceptors (Lipinski definition) is 4. The number of methoxy groups -OCH3 is 1. The van der Waals surface area contributed by atoms with Gasteiger partial charge in [-0.2, -0.15) is 0 Å². The van der Waals surface area contributed by atoms with Crippen molar-refractivity contribution >= 4 is 23.2 Å². The quantitative estimate of drug-likeness (QED) is 0.694. The van der Waals surface area contributed by atoms with Gasteiger partial charge in [-0.1, -0.05) is 23.2 Å². The molecule has 24 heavy (non-hydrogen) atoms. The Morgan fingerprint density at radius 3 is 2.46 bits per heavy atom. The van der Waals surface area contributed by atoms with Crippen molar-refractivity contribution in [1.29, 1.82) is 0 Å². The SMILES string of the molecule is COc1ccc(OCc2c(Cl)cncc2Cl)cc1OC1CCCC1. The minimum Gasteiger partial charge on any atom is -0.493 e. The van der Waals surface area contributed by atoms with Gasteiger partial charge in [0.25, 0.3) is 0 Å². The third-order valence-electron chi connectivity index (χ3n) is 4.07. The van der Waals surface area contributed by atoms with E-state index in [1.54, 1.807) is 19.5 Å². The van der Waals surface area contributed by atoms with Crippen LogP contribution in [0, 0.1) is 0 Å². The number of rotatable bonds is 6. The summed E-state index contributed by atoms with van der Waals surface area (Å²) in [5.74, 6) is 2.08. The predicted molar refractivity (Wildman–Crippen MR) is 94.5 cm³/mol. The highest BCUT2D eigenvalue weighted by atomic mass is 35.5. The summed E-state index contributed by atoms with van der Waals surface area (Å²) in [6.07, 6.45) is 7.93. The van der Waals surface area contributed by atoms with E-state index in [9.17, 15) is 0 Å². The molecule has 0 bridgehead atoms. The molecule has 0 unspecified atom stereocenters. The van der Waals surface area contributed by atoms with Gasteiger partial charge in [0.05, 0.1) is 23.3 Å². The lowest BCUT2D eigenvalue weighted by atomic mass is 10.2.